The minimum atomic E-state index is -0.194. The van der Waals surface area contributed by atoms with Crippen LogP contribution in [0.4, 0.5) is 11.4 Å². The molecule has 0 radical (unpaired) electrons. The number of nitrogen functional groups attached to an aromatic ring is 1. The van der Waals surface area contributed by atoms with Crippen molar-refractivity contribution >= 4 is 17.3 Å². The molecule has 98 valence electrons. The first-order valence-corrected chi connectivity index (χ1v) is 6.08. The molecule has 1 heterocycles. The lowest BCUT2D eigenvalue weighted by Gasteiger charge is -2.11. The SMILES string of the molecule is Cc1cc(N)c(NC(=O)c2cccnc2C)cc1C. The zero-order valence-corrected chi connectivity index (χ0v) is 11.3. The summed E-state index contributed by atoms with van der Waals surface area (Å²) in [6.45, 7) is 5.78. The summed E-state index contributed by atoms with van der Waals surface area (Å²) >= 11 is 0. The van der Waals surface area contributed by atoms with E-state index in [9.17, 15) is 4.79 Å². The smallest absolute Gasteiger partial charge is 0.257 e. The van der Waals surface area contributed by atoms with E-state index in [0.717, 1.165) is 11.1 Å². The first-order valence-electron chi connectivity index (χ1n) is 6.08. The summed E-state index contributed by atoms with van der Waals surface area (Å²) in [5, 5.41) is 2.83. The fraction of sp³-hybridized carbons (Fsp3) is 0.200. The van der Waals surface area contributed by atoms with Gasteiger partial charge in [-0.3, -0.25) is 9.78 Å². The van der Waals surface area contributed by atoms with Gasteiger partial charge in [0.05, 0.1) is 16.9 Å². The molecule has 0 fully saturated rings. The monoisotopic (exact) mass is 255 g/mol. The third-order valence-electron chi connectivity index (χ3n) is 3.17. The van der Waals surface area contributed by atoms with Crippen molar-refractivity contribution < 1.29 is 4.79 Å². The Morgan fingerprint density at radius 2 is 1.89 bits per heavy atom. The Labute approximate surface area is 112 Å². The van der Waals surface area contributed by atoms with E-state index in [-0.39, 0.29) is 5.91 Å². The van der Waals surface area contributed by atoms with Crippen molar-refractivity contribution in [1.29, 1.82) is 0 Å². The highest BCUT2D eigenvalue weighted by molar-refractivity contribution is 6.06. The number of aryl methyl sites for hydroxylation is 3. The number of rotatable bonds is 2. The Balaban J connectivity index is 2.30. The molecule has 1 aromatic heterocycles. The molecule has 19 heavy (non-hydrogen) atoms. The lowest BCUT2D eigenvalue weighted by molar-refractivity contribution is 0.102. The van der Waals surface area contributed by atoms with Gasteiger partial charge in [0.1, 0.15) is 0 Å². The Bertz CT molecular complexity index is 635. The van der Waals surface area contributed by atoms with Gasteiger partial charge in [-0.15, -0.1) is 0 Å². The number of carbonyl (C=O) groups excluding carboxylic acids is 1. The Hall–Kier alpha value is -2.36. The fourth-order valence-corrected chi connectivity index (χ4v) is 1.86. The minimum absolute atomic E-state index is 0.194. The maximum Gasteiger partial charge on any atom is 0.257 e. The van der Waals surface area contributed by atoms with Crippen LogP contribution in [0.2, 0.25) is 0 Å². The summed E-state index contributed by atoms with van der Waals surface area (Å²) in [6, 6.07) is 7.23. The molecule has 1 aromatic carbocycles. The summed E-state index contributed by atoms with van der Waals surface area (Å²) in [7, 11) is 0. The Morgan fingerprint density at radius 1 is 1.21 bits per heavy atom. The standard InChI is InChI=1S/C15H17N3O/c1-9-7-13(16)14(8-10(9)2)18-15(19)12-5-4-6-17-11(12)3/h4-8H,16H2,1-3H3,(H,18,19). The summed E-state index contributed by atoms with van der Waals surface area (Å²) in [4.78, 5) is 16.3. The molecular formula is C15H17N3O. The van der Waals surface area contributed by atoms with Crippen molar-refractivity contribution in [3.05, 3.63) is 52.8 Å². The van der Waals surface area contributed by atoms with Crippen molar-refractivity contribution in [3.8, 4) is 0 Å². The summed E-state index contributed by atoms with van der Waals surface area (Å²) < 4.78 is 0. The molecule has 0 saturated carbocycles. The van der Waals surface area contributed by atoms with E-state index < -0.39 is 0 Å². The molecule has 2 rings (SSSR count). The molecular weight excluding hydrogens is 238 g/mol. The molecule has 1 amide bonds. The number of pyridine rings is 1. The predicted molar refractivity (Wildman–Crippen MR) is 77.3 cm³/mol. The van der Waals surface area contributed by atoms with E-state index in [2.05, 4.69) is 10.3 Å². The van der Waals surface area contributed by atoms with E-state index in [1.165, 1.54) is 0 Å². The molecule has 0 atom stereocenters. The first-order chi connectivity index (χ1) is 8.99. The van der Waals surface area contributed by atoms with Crippen molar-refractivity contribution in [2.75, 3.05) is 11.1 Å². The van der Waals surface area contributed by atoms with E-state index in [4.69, 9.17) is 5.73 Å². The highest BCUT2D eigenvalue weighted by Gasteiger charge is 2.11. The van der Waals surface area contributed by atoms with Crippen molar-refractivity contribution in [1.82, 2.24) is 4.98 Å². The largest absolute Gasteiger partial charge is 0.397 e. The van der Waals surface area contributed by atoms with Crippen molar-refractivity contribution in [2.24, 2.45) is 0 Å². The Morgan fingerprint density at radius 3 is 2.58 bits per heavy atom. The van der Waals surface area contributed by atoms with Gasteiger partial charge in [-0.1, -0.05) is 0 Å². The highest BCUT2D eigenvalue weighted by atomic mass is 16.1. The molecule has 0 aliphatic carbocycles. The number of benzene rings is 1. The van der Waals surface area contributed by atoms with E-state index in [1.807, 2.05) is 26.0 Å². The van der Waals surface area contributed by atoms with Crippen LogP contribution in [0.25, 0.3) is 0 Å². The number of anilines is 2. The van der Waals surface area contributed by atoms with Gasteiger partial charge < -0.3 is 11.1 Å². The first kappa shape index (κ1) is 13.1. The van der Waals surface area contributed by atoms with Gasteiger partial charge in [-0.05, 0) is 56.2 Å². The van der Waals surface area contributed by atoms with Crippen LogP contribution in [0, 0.1) is 20.8 Å². The molecule has 3 N–H and O–H groups in total. The molecule has 0 bridgehead atoms. The number of nitrogens with two attached hydrogens (primary N) is 1. The zero-order chi connectivity index (χ0) is 14.0. The quantitative estimate of drug-likeness (QED) is 0.811. The van der Waals surface area contributed by atoms with E-state index >= 15 is 0 Å². The maximum absolute atomic E-state index is 12.2. The maximum atomic E-state index is 12.2. The molecule has 0 saturated heterocycles. The van der Waals surface area contributed by atoms with Crippen LogP contribution in [-0.2, 0) is 0 Å². The number of nitrogens with zero attached hydrogens (tertiary/aromatic N) is 1. The van der Waals surface area contributed by atoms with Gasteiger partial charge >= 0.3 is 0 Å². The lowest BCUT2D eigenvalue weighted by Crippen LogP contribution is -2.15. The number of hydrogen-bond donors (Lipinski definition) is 2. The normalized spacial score (nSPS) is 10.3. The third-order valence-corrected chi connectivity index (χ3v) is 3.17. The van der Waals surface area contributed by atoms with Gasteiger partial charge in [0.2, 0.25) is 0 Å². The number of hydrogen-bond acceptors (Lipinski definition) is 3. The number of carbonyl (C=O) groups is 1. The topological polar surface area (TPSA) is 68.0 Å². The number of aromatic nitrogens is 1. The van der Waals surface area contributed by atoms with Crippen LogP contribution in [0.15, 0.2) is 30.5 Å². The van der Waals surface area contributed by atoms with Crippen LogP contribution in [-0.4, -0.2) is 10.9 Å². The van der Waals surface area contributed by atoms with E-state index in [1.54, 1.807) is 25.3 Å². The van der Waals surface area contributed by atoms with Crippen molar-refractivity contribution in [3.63, 3.8) is 0 Å². The predicted octanol–water partition coefficient (Wildman–Crippen LogP) is 2.84. The molecule has 0 aliphatic rings. The number of amides is 1. The molecule has 4 heteroatoms. The molecule has 0 spiro atoms. The molecule has 2 aromatic rings. The minimum Gasteiger partial charge on any atom is -0.397 e. The average Bonchev–Trinajstić information content (AvgIpc) is 2.36. The summed E-state index contributed by atoms with van der Waals surface area (Å²) in [5.41, 5.74) is 10.6. The van der Waals surface area contributed by atoms with Gasteiger partial charge in [0.25, 0.3) is 5.91 Å². The van der Waals surface area contributed by atoms with Crippen LogP contribution in [0.5, 0.6) is 0 Å². The highest BCUT2D eigenvalue weighted by Crippen LogP contribution is 2.23. The van der Waals surface area contributed by atoms with Crippen LogP contribution >= 0.6 is 0 Å². The molecule has 4 nitrogen and oxygen atoms in total. The third kappa shape index (κ3) is 2.73. The lowest BCUT2D eigenvalue weighted by atomic mass is 10.1. The second-order valence-electron chi connectivity index (χ2n) is 4.61. The molecule has 0 unspecified atom stereocenters. The molecule has 0 aliphatic heterocycles. The van der Waals surface area contributed by atoms with Gasteiger partial charge in [0.15, 0.2) is 0 Å². The van der Waals surface area contributed by atoms with Crippen LogP contribution in [0.1, 0.15) is 27.2 Å². The second-order valence-corrected chi connectivity index (χ2v) is 4.61. The van der Waals surface area contributed by atoms with Gasteiger partial charge in [0, 0.05) is 11.9 Å². The van der Waals surface area contributed by atoms with Crippen LogP contribution in [0.3, 0.4) is 0 Å². The summed E-state index contributed by atoms with van der Waals surface area (Å²) in [5.74, 6) is -0.194. The average molecular weight is 255 g/mol. The van der Waals surface area contributed by atoms with Gasteiger partial charge in [-0.25, -0.2) is 0 Å². The van der Waals surface area contributed by atoms with E-state index in [0.29, 0.717) is 22.6 Å². The fourth-order valence-electron chi connectivity index (χ4n) is 1.86. The van der Waals surface area contributed by atoms with Crippen molar-refractivity contribution in [2.45, 2.75) is 20.8 Å². The second kappa shape index (κ2) is 5.10. The zero-order valence-electron chi connectivity index (χ0n) is 11.3. The van der Waals surface area contributed by atoms with Crippen LogP contribution < -0.4 is 11.1 Å². The number of nitrogens with one attached hydrogen (secondary N) is 1. The Kier molecular flexibility index (Phi) is 3.51. The summed E-state index contributed by atoms with van der Waals surface area (Å²) in [6.07, 6.45) is 1.66. The van der Waals surface area contributed by atoms with Gasteiger partial charge in [-0.2, -0.15) is 0 Å².